The fourth-order valence-electron chi connectivity index (χ4n) is 3.03. The molecule has 0 spiro atoms. The molecule has 12 heteroatoms. The Hall–Kier alpha value is -3.59. The lowest BCUT2D eigenvalue weighted by Gasteiger charge is -2.26. The Morgan fingerprint density at radius 1 is 1.26 bits per heavy atom. The average molecular weight is 510 g/mol. The summed E-state index contributed by atoms with van der Waals surface area (Å²) in [6.07, 6.45) is -3.25. The summed E-state index contributed by atoms with van der Waals surface area (Å²) in [6, 6.07) is 8.53. The van der Waals surface area contributed by atoms with Crippen molar-refractivity contribution in [3.05, 3.63) is 43.8 Å². The van der Waals surface area contributed by atoms with Gasteiger partial charge in [0, 0.05) is 36.6 Å². The molecule has 35 heavy (non-hydrogen) atoms. The van der Waals surface area contributed by atoms with Crippen LogP contribution in [0.1, 0.15) is 27.7 Å². The first kappa shape index (κ1) is 27.7. The normalized spacial score (nSPS) is 13.2. The van der Waals surface area contributed by atoms with E-state index in [0.29, 0.717) is 11.4 Å². The number of carbonyl (C=O) groups is 2. The summed E-state index contributed by atoms with van der Waals surface area (Å²) in [7, 11) is 1.66. The van der Waals surface area contributed by atoms with E-state index in [0.717, 1.165) is 15.9 Å². The standard InChI is InChI=1S/C23H26F3N5O3S/c1-6-31-19(33)17(35-20(31)16(11-27)18(32)29-13-23(24,25)26)12-28-14-8-7-9-15(10-14)30(5)21(34)22(2,3)4/h7-10,12,28H,6,13H2,1-5H3,(H,29,32). The number of alkyl halides is 3. The number of nitrogens with one attached hydrogen (secondary N) is 2. The Morgan fingerprint density at radius 3 is 2.46 bits per heavy atom. The highest BCUT2D eigenvalue weighted by Gasteiger charge is 2.29. The van der Waals surface area contributed by atoms with Gasteiger partial charge in [-0.3, -0.25) is 19.0 Å². The molecule has 1 heterocycles. The molecule has 2 rings (SSSR count). The lowest BCUT2D eigenvalue weighted by atomic mass is 9.94. The third kappa shape index (κ3) is 6.95. The van der Waals surface area contributed by atoms with Crippen molar-refractivity contribution in [2.75, 3.05) is 23.8 Å². The molecule has 0 saturated heterocycles. The molecule has 1 aromatic heterocycles. The van der Waals surface area contributed by atoms with Gasteiger partial charge in [0.2, 0.25) is 5.91 Å². The molecule has 0 radical (unpaired) electrons. The summed E-state index contributed by atoms with van der Waals surface area (Å²) in [5, 5.41) is 14.0. The number of carbonyl (C=O) groups excluding carboxylic acids is 2. The van der Waals surface area contributed by atoms with Crippen LogP contribution in [0.5, 0.6) is 0 Å². The van der Waals surface area contributed by atoms with Crippen molar-refractivity contribution in [2.45, 2.75) is 40.4 Å². The number of hydrogen-bond donors (Lipinski definition) is 2. The van der Waals surface area contributed by atoms with Crippen LogP contribution in [0.15, 0.2) is 29.1 Å². The first-order valence-electron chi connectivity index (χ1n) is 10.5. The molecule has 0 aliphatic carbocycles. The maximum absolute atomic E-state index is 12.8. The maximum atomic E-state index is 12.8. The van der Waals surface area contributed by atoms with E-state index in [1.807, 2.05) is 20.8 Å². The second kappa shape index (κ2) is 10.8. The summed E-state index contributed by atoms with van der Waals surface area (Å²) in [6.45, 7) is 5.55. The second-order valence-corrected chi connectivity index (χ2v) is 9.59. The summed E-state index contributed by atoms with van der Waals surface area (Å²) >= 11 is 0.809. The Balaban J connectivity index is 2.45. The van der Waals surface area contributed by atoms with Crippen molar-refractivity contribution in [1.29, 1.82) is 5.26 Å². The first-order chi connectivity index (χ1) is 16.2. The molecule has 0 fully saturated rings. The van der Waals surface area contributed by atoms with Gasteiger partial charge in [0.05, 0.1) is 0 Å². The van der Waals surface area contributed by atoms with Crippen molar-refractivity contribution in [3.8, 4) is 6.07 Å². The number of benzene rings is 1. The quantitative estimate of drug-likeness (QED) is 0.621. The molecule has 8 nitrogen and oxygen atoms in total. The zero-order valence-electron chi connectivity index (χ0n) is 19.9. The molecule has 2 N–H and O–H groups in total. The molecule has 0 unspecified atom stereocenters. The fourth-order valence-corrected chi connectivity index (χ4v) is 4.12. The highest BCUT2D eigenvalue weighted by Crippen LogP contribution is 2.24. The van der Waals surface area contributed by atoms with E-state index in [1.54, 1.807) is 49.6 Å². The minimum Gasteiger partial charge on any atom is -0.360 e. The van der Waals surface area contributed by atoms with Crippen LogP contribution in [0.2, 0.25) is 0 Å². The van der Waals surface area contributed by atoms with E-state index in [9.17, 15) is 32.8 Å². The zero-order valence-corrected chi connectivity index (χ0v) is 20.7. The molecule has 2 amide bonds. The van der Waals surface area contributed by atoms with Crippen LogP contribution in [0.3, 0.4) is 0 Å². The molecule has 188 valence electrons. The first-order valence-corrected chi connectivity index (χ1v) is 11.3. The highest BCUT2D eigenvalue weighted by atomic mass is 32.1. The third-order valence-corrected chi connectivity index (χ3v) is 5.91. The summed E-state index contributed by atoms with van der Waals surface area (Å²) in [5.41, 5.74) is -0.470. The van der Waals surface area contributed by atoms with Gasteiger partial charge in [0.25, 0.3) is 11.5 Å². The van der Waals surface area contributed by atoms with Crippen LogP contribution < -0.4 is 30.3 Å². The fraction of sp³-hybridized carbons (Fsp3) is 0.391. The van der Waals surface area contributed by atoms with Crippen LogP contribution in [0.25, 0.3) is 11.8 Å². The number of rotatable bonds is 6. The third-order valence-electron chi connectivity index (χ3n) is 4.78. The monoisotopic (exact) mass is 509 g/mol. The van der Waals surface area contributed by atoms with Crippen molar-refractivity contribution < 1.29 is 22.8 Å². The zero-order chi connectivity index (χ0) is 26.6. The summed E-state index contributed by atoms with van der Waals surface area (Å²) in [5.74, 6) is -1.30. The van der Waals surface area contributed by atoms with Gasteiger partial charge >= 0.3 is 6.18 Å². The van der Waals surface area contributed by atoms with E-state index in [4.69, 9.17) is 0 Å². The predicted octanol–water partition coefficient (Wildman–Crippen LogP) is 2.14. The minimum atomic E-state index is -4.64. The van der Waals surface area contributed by atoms with Crippen molar-refractivity contribution in [2.24, 2.45) is 5.41 Å². The lowest BCUT2D eigenvalue weighted by Crippen LogP contribution is -2.37. The molecule has 0 aliphatic rings. The minimum absolute atomic E-state index is 0.0445. The Kier molecular flexibility index (Phi) is 8.51. The smallest absolute Gasteiger partial charge is 0.360 e. The van der Waals surface area contributed by atoms with Crippen LogP contribution in [-0.2, 0) is 16.1 Å². The number of nitrogens with zero attached hydrogens (tertiary/aromatic N) is 3. The predicted molar refractivity (Wildman–Crippen MR) is 129 cm³/mol. The maximum Gasteiger partial charge on any atom is 0.405 e. The second-order valence-electron chi connectivity index (χ2n) is 8.56. The van der Waals surface area contributed by atoms with Crippen LogP contribution in [-0.4, -0.2) is 36.2 Å². The van der Waals surface area contributed by atoms with Gasteiger partial charge in [0.15, 0.2) is 5.57 Å². The number of thiazole rings is 1. The molecule has 0 saturated carbocycles. The van der Waals surface area contributed by atoms with E-state index < -0.39 is 35.2 Å². The highest BCUT2D eigenvalue weighted by molar-refractivity contribution is 7.07. The van der Waals surface area contributed by atoms with Gasteiger partial charge in [0.1, 0.15) is 21.8 Å². The van der Waals surface area contributed by atoms with Crippen LogP contribution in [0.4, 0.5) is 24.5 Å². The van der Waals surface area contributed by atoms with E-state index in [-0.39, 0.29) is 21.6 Å². The van der Waals surface area contributed by atoms with Crippen molar-refractivity contribution in [1.82, 2.24) is 9.88 Å². The molecule has 0 aliphatic heterocycles. The van der Waals surface area contributed by atoms with Gasteiger partial charge in [-0.1, -0.05) is 26.8 Å². The SMILES string of the molecule is CCn1c(=C(C#N)C(=O)NCC(F)(F)F)sc(=CNc2cccc(N(C)C(=O)C(C)(C)C)c2)c1=O. The Bertz CT molecular complexity index is 1330. The molecule has 1 aromatic carbocycles. The van der Waals surface area contributed by atoms with Gasteiger partial charge in [-0.25, -0.2) is 0 Å². The van der Waals surface area contributed by atoms with Crippen LogP contribution >= 0.6 is 11.3 Å². The lowest BCUT2D eigenvalue weighted by molar-refractivity contribution is -0.135. The molecular formula is C23H26F3N5O3S. The van der Waals surface area contributed by atoms with Gasteiger partial charge in [-0.15, -0.1) is 11.3 Å². The van der Waals surface area contributed by atoms with E-state index in [1.165, 1.54) is 11.1 Å². The van der Waals surface area contributed by atoms with Crippen LogP contribution in [0, 0.1) is 16.7 Å². The van der Waals surface area contributed by atoms with Gasteiger partial charge in [-0.2, -0.15) is 18.4 Å². The summed E-state index contributed by atoms with van der Waals surface area (Å²) in [4.78, 5) is 39.0. The van der Waals surface area contributed by atoms with E-state index in [2.05, 4.69) is 5.32 Å². The molecule has 0 atom stereocenters. The average Bonchev–Trinajstić information content (AvgIpc) is 3.09. The summed E-state index contributed by atoms with van der Waals surface area (Å²) < 4.78 is 38.6. The number of aromatic nitrogens is 1. The number of hydrogen-bond acceptors (Lipinski definition) is 6. The van der Waals surface area contributed by atoms with Crippen molar-refractivity contribution in [3.63, 3.8) is 0 Å². The number of halogens is 3. The Labute approximate surface area is 204 Å². The molecular weight excluding hydrogens is 483 g/mol. The van der Waals surface area contributed by atoms with Crippen molar-refractivity contribution >= 4 is 46.3 Å². The molecule has 0 bridgehead atoms. The Morgan fingerprint density at radius 2 is 1.91 bits per heavy atom. The molecule has 2 aromatic rings. The largest absolute Gasteiger partial charge is 0.405 e. The number of anilines is 2. The van der Waals surface area contributed by atoms with Gasteiger partial charge in [-0.05, 0) is 25.1 Å². The number of amides is 2. The van der Waals surface area contributed by atoms with E-state index >= 15 is 0 Å². The van der Waals surface area contributed by atoms with Gasteiger partial charge < -0.3 is 15.5 Å². The number of nitriles is 1. The topological polar surface area (TPSA) is 107 Å².